The highest BCUT2D eigenvalue weighted by atomic mass is 32.2. The molecule has 0 saturated heterocycles. The highest BCUT2D eigenvalue weighted by Gasteiger charge is 2.32. The molecule has 4 aromatic rings. The first-order valence-corrected chi connectivity index (χ1v) is 16.3. The first kappa shape index (κ1) is 33.5. The van der Waals surface area contributed by atoms with Gasteiger partial charge in [0.05, 0.1) is 33.7 Å². The number of benzene rings is 2. The molecule has 46 heavy (non-hydrogen) atoms. The fourth-order valence-electron chi connectivity index (χ4n) is 5.90. The van der Waals surface area contributed by atoms with Crippen LogP contribution in [-0.4, -0.2) is 49.5 Å². The number of nitrogen functional groups attached to an aromatic ring is 1. The molecule has 0 spiro atoms. The monoisotopic (exact) mass is 666 g/mol. The second-order valence-electron chi connectivity index (χ2n) is 11.6. The smallest absolute Gasteiger partial charge is 0.383 e. The number of rotatable bonds is 10. The molecule has 2 aromatic heterocycles. The molecule has 4 N–H and O–H groups in total. The SMILES string of the molecule is COCCNC1CCC(c2cnc(N)c3c(-c4cc(F)c(NS(=O)(=O)c5cccc(C(F)(F)F)c5)cc4F)nn(C(C)C)c23)CC1. The summed E-state index contributed by atoms with van der Waals surface area (Å²) < 4.78 is 105. The van der Waals surface area contributed by atoms with Crippen LogP contribution in [0.5, 0.6) is 0 Å². The van der Waals surface area contributed by atoms with E-state index in [1.54, 1.807) is 18.0 Å². The van der Waals surface area contributed by atoms with Gasteiger partial charge < -0.3 is 15.8 Å². The third-order valence-electron chi connectivity index (χ3n) is 8.21. The second-order valence-corrected chi connectivity index (χ2v) is 13.3. The van der Waals surface area contributed by atoms with Crippen molar-refractivity contribution in [3.63, 3.8) is 0 Å². The molecule has 1 aliphatic carbocycles. The van der Waals surface area contributed by atoms with E-state index in [0.29, 0.717) is 41.8 Å². The molecular formula is C31H35F5N6O3S. The predicted molar refractivity (Wildman–Crippen MR) is 165 cm³/mol. The minimum absolute atomic E-state index is 0.0363. The lowest BCUT2D eigenvalue weighted by Gasteiger charge is -2.30. The van der Waals surface area contributed by atoms with E-state index in [0.717, 1.165) is 56.0 Å². The molecule has 1 aliphatic rings. The van der Waals surface area contributed by atoms with Crippen LogP contribution in [0.1, 0.15) is 62.6 Å². The Morgan fingerprint density at radius 3 is 2.46 bits per heavy atom. The number of nitrogens with zero attached hydrogens (tertiary/aromatic N) is 3. The summed E-state index contributed by atoms with van der Waals surface area (Å²) in [6.45, 7) is 5.18. The van der Waals surface area contributed by atoms with Gasteiger partial charge in [-0.1, -0.05) is 6.07 Å². The molecule has 1 saturated carbocycles. The van der Waals surface area contributed by atoms with Gasteiger partial charge in [0.15, 0.2) is 0 Å². The Kier molecular flexibility index (Phi) is 9.57. The summed E-state index contributed by atoms with van der Waals surface area (Å²) in [5.41, 5.74) is 5.67. The van der Waals surface area contributed by atoms with E-state index < -0.39 is 44.0 Å². The number of nitrogens with one attached hydrogen (secondary N) is 2. The number of aromatic nitrogens is 3. The molecule has 5 rings (SSSR count). The Morgan fingerprint density at radius 2 is 1.80 bits per heavy atom. The molecule has 248 valence electrons. The van der Waals surface area contributed by atoms with Crippen LogP contribution in [0, 0.1) is 11.6 Å². The molecule has 2 aromatic carbocycles. The number of halogens is 5. The average molecular weight is 667 g/mol. The maximum Gasteiger partial charge on any atom is 0.416 e. The van der Waals surface area contributed by atoms with E-state index in [-0.39, 0.29) is 29.0 Å². The number of sulfonamides is 1. The lowest BCUT2D eigenvalue weighted by atomic mass is 9.81. The molecule has 1 fully saturated rings. The van der Waals surface area contributed by atoms with E-state index in [1.165, 1.54) is 0 Å². The first-order valence-electron chi connectivity index (χ1n) is 14.8. The van der Waals surface area contributed by atoms with Gasteiger partial charge in [-0.3, -0.25) is 9.40 Å². The Labute approximate surface area is 263 Å². The van der Waals surface area contributed by atoms with Crippen molar-refractivity contribution >= 4 is 32.4 Å². The number of pyridine rings is 1. The summed E-state index contributed by atoms with van der Waals surface area (Å²) in [7, 11) is -3.05. The standard InChI is InChI=1S/C31H35F5N6O3S/c1-17(2)42-29-23(18-7-9-20(10-8-18)38-11-12-45-3)16-39-30(37)27(29)28(40-42)22-14-25(33)26(15-24(22)32)41-46(43,44)21-6-4-5-19(13-21)31(34,35)36/h4-6,13-18,20,38,41H,7-12H2,1-3H3,(H2,37,39). The quantitative estimate of drug-likeness (QED) is 0.128. The van der Waals surface area contributed by atoms with Crippen LogP contribution in [0.3, 0.4) is 0 Å². The summed E-state index contributed by atoms with van der Waals surface area (Å²) >= 11 is 0. The summed E-state index contributed by atoms with van der Waals surface area (Å²) in [6.07, 6.45) is 0.514. The van der Waals surface area contributed by atoms with Crippen LogP contribution in [-0.2, 0) is 20.9 Å². The Balaban J connectivity index is 1.50. The highest BCUT2D eigenvalue weighted by Crippen LogP contribution is 2.42. The van der Waals surface area contributed by atoms with Crippen molar-refractivity contribution < 1.29 is 35.1 Å². The van der Waals surface area contributed by atoms with Gasteiger partial charge in [-0.25, -0.2) is 22.2 Å². The Bertz CT molecular complexity index is 1840. The Hall–Kier alpha value is -3.82. The molecule has 0 unspecified atom stereocenters. The summed E-state index contributed by atoms with van der Waals surface area (Å²) in [4.78, 5) is 3.64. The zero-order valence-corrected chi connectivity index (χ0v) is 26.3. The zero-order valence-electron chi connectivity index (χ0n) is 25.5. The number of hydrogen-bond donors (Lipinski definition) is 3. The van der Waals surface area contributed by atoms with Crippen molar-refractivity contribution in [2.45, 2.75) is 68.6 Å². The number of nitrogens with two attached hydrogens (primary N) is 1. The normalized spacial score (nSPS) is 17.6. The number of fused-ring (bicyclic) bond motifs is 1. The van der Waals surface area contributed by atoms with Crippen LogP contribution in [0.25, 0.3) is 22.2 Å². The molecular weight excluding hydrogens is 631 g/mol. The van der Waals surface area contributed by atoms with E-state index >= 15 is 8.78 Å². The van der Waals surface area contributed by atoms with Crippen molar-refractivity contribution in [2.24, 2.45) is 0 Å². The number of methoxy groups -OCH3 is 1. The van der Waals surface area contributed by atoms with Gasteiger partial charge in [0.25, 0.3) is 10.0 Å². The van der Waals surface area contributed by atoms with Crippen LogP contribution in [0.4, 0.5) is 33.5 Å². The predicted octanol–water partition coefficient (Wildman–Crippen LogP) is 6.62. The van der Waals surface area contributed by atoms with Gasteiger partial charge >= 0.3 is 6.18 Å². The third-order valence-corrected chi connectivity index (χ3v) is 9.57. The topological polar surface area (TPSA) is 124 Å². The van der Waals surface area contributed by atoms with E-state index in [2.05, 4.69) is 15.4 Å². The molecule has 0 aliphatic heterocycles. The first-order chi connectivity index (χ1) is 21.7. The molecule has 9 nitrogen and oxygen atoms in total. The third kappa shape index (κ3) is 6.81. The molecule has 15 heteroatoms. The van der Waals surface area contributed by atoms with Crippen LogP contribution in [0.15, 0.2) is 47.5 Å². The maximum absolute atomic E-state index is 15.7. The van der Waals surface area contributed by atoms with Crippen molar-refractivity contribution in [3.05, 3.63) is 65.4 Å². The van der Waals surface area contributed by atoms with Crippen LogP contribution >= 0.6 is 0 Å². The highest BCUT2D eigenvalue weighted by molar-refractivity contribution is 7.92. The zero-order chi connectivity index (χ0) is 33.4. The molecule has 0 radical (unpaired) electrons. The second kappa shape index (κ2) is 13.1. The summed E-state index contributed by atoms with van der Waals surface area (Å²) in [5, 5.41) is 8.49. The minimum atomic E-state index is -4.80. The lowest BCUT2D eigenvalue weighted by Crippen LogP contribution is -2.34. The number of hydrogen-bond acceptors (Lipinski definition) is 7. The summed E-state index contributed by atoms with van der Waals surface area (Å²) in [5.74, 6) is -1.98. The van der Waals surface area contributed by atoms with Crippen molar-refractivity contribution in [1.29, 1.82) is 0 Å². The average Bonchev–Trinajstić information content (AvgIpc) is 3.41. The summed E-state index contributed by atoms with van der Waals surface area (Å²) in [6, 6.07) is 4.52. The van der Waals surface area contributed by atoms with Gasteiger partial charge in [-0.05, 0) is 75.3 Å². The number of ether oxygens (including phenoxy) is 1. The number of alkyl halides is 3. The van der Waals surface area contributed by atoms with Gasteiger partial charge in [-0.15, -0.1) is 0 Å². The van der Waals surface area contributed by atoms with E-state index in [9.17, 15) is 21.6 Å². The van der Waals surface area contributed by atoms with Gasteiger partial charge in [-0.2, -0.15) is 18.3 Å². The van der Waals surface area contributed by atoms with Crippen LogP contribution in [0.2, 0.25) is 0 Å². The number of anilines is 2. The van der Waals surface area contributed by atoms with Gasteiger partial charge in [0, 0.05) is 43.6 Å². The van der Waals surface area contributed by atoms with Crippen molar-refractivity contribution in [1.82, 2.24) is 20.1 Å². The fraction of sp³-hybridized carbons (Fsp3) is 0.419. The minimum Gasteiger partial charge on any atom is -0.383 e. The van der Waals surface area contributed by atoms with Crippen molar-refractivity contribution in [3.8, 4) is 11.3 Å². The molecule has 0 bridgehead atoms. The van der Waals surface area contributed by atoms with Gasteiger partial charge in [0.2, 0.25) is 0 Å². The molecule has 0 amide bonds. The van der Waals surface area contributed by atoms with Gasteiger partial charge in [0.1, 0.15) is 23.1 Å². The van der Waals surface area contributed by atoms with Crippen molar-refractivity contribution in [2.75, 3.05) is 30.7 Å². The Morgan fingerprint density at radius 1 is 1.09 bits per heavy atom. The lowest BCUT2D eigenvalue weighted by molar-refractivity contribution is -0.137. The van der Waals surface area contributed by atoms with E-state index in [1.807, 2.05) is 18.6 Å². The van der Waals surface area contributed by atoms with Crippen LogP contribution < -0.4 is 15.8 Å². The molecule has 0 atom stereocenters. The molecule has 2 heterocycles. The van der Waals surface area contributed by atoms with E-state index in [4.69, 9.17) is 10.5 Å². The fourth-order valence-corrected chi connectivity index (χ4v) is 7.01. The maximum atomic E-state index is 15.7. The largest absolute Gasteiger partial charge is 0.416 e.